The van der Waals surface area contributed by atoms with Gasteiger partial charge in [-0.05, 0) is 30.7 Å². The van der Waals surface area contributed by atoms with E-state index in [-0.39, 0.29) is 11.3 Å². The fourth-order valence-corrected chi connectivity index (χ4v) is 3.64. The summed E-state index contributed by atoms with van der Waals surface area (Å²) in [5.41, 5.74) is 8.51. The van der Waals surface area contributed by atoms with E-state index in [2.05, 4.69) is 47.2 Å². The molecule has 108 valence electrons. The van der Waals surface area contributed by atoms with E-state index in [1.807, 2.05) is 24.4 Å². The van der Waals surface area contributed by atoms with Gasteiger partial charge in [0.05, 0.1) is 16.0 Å². The largest absolute Gasteiger partial charge is 0.350 e. The number of pyridine rings is 1. The molecule has 2 unspecified atom stereocenters. The minimum absolute atomic E-state index is 0.0799. The summed E-state index contributed by atoms with van der Waals surface area (Å²) in [5, 5.41) is 2.52. The van der Waals surface area contributed by atoms with Crippen molar-refractivity contribution in [2.24, 2.45) is 5.73 Å². The second kappa shape index (κ2) is 6.33. The summed E-state index contributed by atoms with van der Waals surface area (Å²) in [7, 11) is 0. The third-order valence-electron chi connectivity index (χ3n) is 3.60. The SMILES string of the molecule is CCC(N)C(Sc1cc2ccccc2[nH]1)c1ccccn1. The molecule has 0 spiro atoms. The second-order valence-corrected chi connectivity index (χ2v) is 6.27. The first-order chi connectivity index (χ1) is 10.3. The van der Waals surface area contributed by atoms with Gasteiger partial charge in [0.15, 0.2) is 0 Å². The molecule has 0 saturated carbocycles. The zero-order valence-electron chi connectivity index (χ0n) is 12.0. The van der Waals surface area contributed by atoms with Crippen molar-refractivity contribution in [3.8, 4) is 0 Å². The van der Waals surface area contributed by atoms with Crippen LogP contribution in [0.15, 0.2) is 59.8 Å². The minimum Gasteiger partial charge on any atom is -0.350 e. The van der Waals surface area contributed by atoms with Crippen molar-refractivity contribution < 1.29 is 0 Å². The molecule has 2 aromatic heterocycles. The van der Waals surface area contributed by atoms with E-state index < -0.39 is 0 Å². The van der Waals surface area contributed by atoms with Crippen molar-refractivity contribution in [1.29, 1.82) is 0 Å². The predicted molar refractivity (Wildman–Crippen MR) is 89.4 cm³/mol. The van der Waals surface area contributed by atoms with Crippen molar-refractivity contribution in [3.05, 3.63) is 60.4 Å². The first-order valence-corrected chi connectivity index (χ1v) is 8.07. The van der Waals surface area contributed by atoms with E-state index in [0.717, 1.165) is 22.7 Å². The van der Waals surface area contributed by atoms with E-state index in [1.54, 1.807) is 11.8 Å². The predicted octanol–water partition coefficient (Wildman–Crippen LogP) is 4.13. The van der Waals surface area contributed by atoms with Crippen LogP contribution in [0.25, 0.3) is 10.9 Å². The number of H-pyrrole nitrogens is 1. The number of fused-ring (bicyclic) bond motifs is 1. The molecule has 0 bridgehead atoms. The van der Waals surface area contributed by atoms with Gasteiger partial charge in [0, 0.05) is 23.1 Å². The highest BCUT2D eigenvalue weighted by atomic mass is 32.2. The number of rotatable bonds is 5. The average Bonchev–Trinajstić information content (AvgIpc) is 2.95. The standard InChI is InChI=1S/C17H19N3S/c1-2-13(18)17(15-9-5-6-10-19-15)21-16-11-12-7-3-4-8-14(12)20-16/h3-11,13,17,20H,2,18H2,1H3. The van der Waals surface area contributed by atoms with Gasteiger partial charge in [-0.3, -0.25) is 4.98 Å². The molecule has 2 heterocycles. The summed E-state index contributed by atoms with van der Waals surface area (Å²) >= 11 is 1.76. The molecule has 0 radical (unpaired) electrons. The number of nitrogens with zero attached hydrogens (tertiary/aromatic N) is 1. The number of thioether (sulfide) groups is 1. The number of benzene rings is 1. The van der Waals surface area contributed by atoms with Crippen LogP contribution >= 0.6 is 11.8 Å². The summed E-state index contributed by atoms with van der Waals surface area (Å²) in [6.07, 6.45) is 2.75. The van der Waals surface area contributed by atoms with Crippen LogP contribution < -0.4 is 5.73 Å². The van der Waals surface area contributed by atoms with Gasteiger partial charge < -0.3 is 10.7 Å². The van der Waals surface area contributed by atoms with Crippen molar-refractivity contribution in [3.63, 3.8) is 0 Å². The Balaban J connectivity index is 1.90. The molecular weight excluding hydrogens is 278 g/mol. The Bertz CT molecular complexity index is 675. The van der Waals surface area contributed by atoms with Crippen LogP contribution in [0.4, 0.5) is 0 Å². The van der Waals surface area contributed by atoms with Crippen LogP contribution in [-0.2, 0) is 0 Å². The first-order valence-electron chi connectivity index (χ1n) is 7.19. The molecule has 2 atom stereocenters. The van der Waals surface area contributed by atoms with E-state index in [0.29, 0.717) is 0 Å². The normalized spacial score (nSPS) is 14.2. The lowest BCUT2D eigenvalue weighted by Gasteiger charge is -2.21. The zero-order chi connectivity index (χ0) is 14.7. The Hall–Kier alpha value is -1.78. The molecule has 3 nitrogen and oxygen atoms in total. The van der Waals surface area contributed by atoms with Crippen LogP contribution in [0.5, 0.6) is 0 Å². The van der Waals surface area contributed by atoms with Gasteiger partial charge >= 0.3 is 0 Å². The number of hydrogen-bond donors (Lipinski definition) is 2. The van der Waals surface area contributed by atoms with E-state index in [1.165, 1.54) is 5.39 Å². The molecule has 0 aliphatic rings. The molecule has 1 aromatic carbocycles. The Morgan fingerprint density at radius 1 is 1.19 bits per heavy atom. The Labute approximate surface area is 129 Å². The average molecular weight is 297 g/mol. The molecule has 0 aliphatic heterocycles. The number of para-hydroxylation sites is 1. The highest BCUT2D eigenvalue weighted by Gasteiger charge is 2.21. The number of aromatic nitrogens is 2. The molecule has 3 rings (SSSR count). The number of nitrogens with one attached hydrogen (secondary N) is 1. The van der Waals surface area contributed by atoms with Crippen LogP contribution in [0.2, 0.25) is 0 Å². The number of nitrogens with two attached hydrogens (primary N) is 1. The molecule has 3 N–H and O–H groups in total. The van der Waals surface area contributed by atoms with Crippen molar-refractivity contribution in [1.82, 2.24) is 9.97 Å². The quantitative estimate of drug-likeness (QED) is 0.696. The van der Waals surface area contributed by atoms with Gasteiger partial charge in [-0.2, -0.15) is 0 Å². The third kappa shape index (κ3) is 3.12. The van der Waals surface area contributed by atoms with Crippen molar-refractivity contribution in [2.45, 2.75) is 29.7 Å². The van der Waals surface area contributed by atoms with Gasteiger partial charge in [-0.25, -0.2) is 0 Å². The summed E-state index contributed by atoms with van der Waals surface area (Å²) in [5.74, 6) is 0. The molecule has 4 heteroatoms. The Morgan fingerprint density at radius 3 is 2.71 bits per heavy atom. The summed E-state index contributed by atoms with van der Waals surface area (Å²) in [6.45, 7) is 2.12. The van der Waals surface area contributed by atoms with E-state index >= 15 is 0 Å². The summed E-state index contributed by atoms with van der Waals surface area (Å²) < 4.78 is 0. The maximum absolute atomic E-state index is 6.32. The zero-order valence-corrected chi connectivity index (χ0v) is 12.8. The van der Waals surface area contributed by atoms with E-state index in [9.17, 15) is 0 Å². The van der Waals surface area contributed by atoms with Crippen molar-refractivity contribution in [2.75, 3.05) is 0 Å². The van der Waals surface area contributed by atoms with Gasteiger partial charge in [0.1, 0.15) is 0 Å². The number of hydrogen-bond acceptors (Lipinski definition) is 3. The molecule has 0 aliphatic carbocycles. The van der Waals surface area contributed by atoms with Gasteiger partial charge in [0.2, 0.25) is 0 Å². The van der Waals surface area contributed by atoms with Crippen LogP contribution in [0, 0.1) is 0 Å². The fourth-order valence-electron chi connectivity index (χ4n) is 2.37. The lowest BCUT2D eigenvalue weighted by atomic mass is 10.1. The lowest BCUT2D eigenvalue weighted by Crippen LogP contribution is -2.26. The van der Waals surface area contributed by atoms with Crippen LogP contribution in [0.3, 0.4) is 0 Å². The molecule has 0 fully saturated rings. The van der Waals surface area contributed by atoms with Gasteiger partial charge in [-0.1, -0.05) is 43.0 Å². The summed E-state index contributed by atoms with van der Waals surface area (Å²) in [6, 6.07) is 16.6. The molecular formula is C17H19N3S. The lowest BCUT2D eigenvalue weighted by molar-refractivity contribution is 0.624. The Morgan fingerprint density at radius 2 is 2.00 bits per heavy atom. The topological polar surface area (TPSA) is 54.7 Å². The molecule has 0 amide bonds. The molecule has 3 aromatic rings. The highest BCUT2D eigenvalue weighted by Crippen LogP contribution is 2.37. The minimum atomic E-state index is 0.0799. The first kappa shape index (κ1) is 14.2. The van der Waals surface area contributed by atoms with Gasteiger partial charge in [-0.15, -0.1) is 0 Å². The Kier molecular flexibility index (Phi) is 4.27. The van der Waals surface area contributed by atoms with Crippen LogP contribution in [0.1, 0.15) is 24.3 Å². The van der Waals surface area contributed by atoms with Gasteiger partial charge in [0.25, 0.3) is 0 Å². The van der Waals surface area contributed by atoms with Crippen molar-refractivity contribution >= 4 is 22.7 Å². The monoisotopic (exact) mass is 297 g/mol. The highest BCUT2D eigenvalue weighted by molar-refractivity contribution is 7.99. The molecule has 21 heavy (non-hydrogen) atoms. The second-order valence-electron chi connectivity index (χ2n) is 5.09. The van der Waals surface area contributed by atoms with E-state index in [4.69, 9.17) is 5.73 Å². The number of aromatic amines is 1. The maximum atomic E-state index is 6.32. The third-order valence-corrected chi connectivity index (χ3v) is 4.92. The smallest absolute Gasteiger partial charge is 0.0739 e. The summed E-state index contributed by atoms with van der Waals surface area (Å²) in [4.78, 5) is 7.94. The maximum Gasteiger partial charge on any atom is 0.0739 e. The fraction of sp³-hybridized carbons (Fsp3) is 0.235. The molecule has 0 saturated heterocycles. The van der Waals surface area contributed by atoms with Crippen LogP contribution in [-0.4, -0.2) is 16.0 Å².